The van der Waals surface area contributed by atoms with Gasteiger partial charge in [0.25, 0.3) is 5.91 Å². The van der Waals surface area contributed by atoms with Crippen LogP contribution in [-0.2, 0) is 11.2 Å². The fourth-order valence-electron chi connectivity index (χ4n) is 2.77. The van der Waals surface area contributed by atoms with Gasteiger partial charge in [0.1, 0.15) is 11.8 Å². The zero-order chi connectivity index (χ0) is 16.2. The van der Waals surface area contributed by atoms with Gasteiger partial charge < -0.3 is 9.64 Å². The Balaban J connectivity index is 1.69. The number of benzene rings is 1. The second-order valence-corrected chi connectivity index (χ2v) is 6.50. The van der Waals surface area contributed by atoms with Crippen molar-refractivity contribution in [1.82, 2.24) is 4.90 Å². The molecule has 2 heterocycles. The van der Waals surface area contributed by atoms with E-state index >= 15 is 0 Å². The fraction of sp³-hybridized carbons (Fsp3) is 0.333. The molecule has 0 radical (unpaired) electrons. The van der Waals surface area contributed by atoms with Crippen molar-refractivity contribution >= 4 is 23.2 Å². The number of carbonyl (C=O) groups is 2. The summed E-state index contributed by atoms with van der Waals surface area (Å²) in [4.78, 5) is 27.2. The number of likely N-dealkylation sites (tertiary alicyclic amines) is 1. The second kappa shape index (κ2) is 6.96. The standard InChI is InChI=1S/C18H19NO3S/c1-2-13-7-9-14(10-8-13)22-18(21)15-5-3-11-19(15)17(20)16-6-4-12-23-16/h4,6-10,12,15H,2-3,5,11H2,1H3. The predicted octanol–water partition coefficient (Wildman–Crippen LogP) is 3.52. The normalized spacial score (nSPS) is 17.3. The van der Waals surface area contributed by atoms with Crippen LogP contribution in [-0.4, -0.2) is 29.4 Å². The quantitative estimate of drug-likeness (QED) is 0.637. The highest BCUT2D eigenvalue weighted by Gasteiger charge is 2.36. The smallest absolute Gasteiger partial charge is 0.334 e. The molecule has 1 aliphatic heterocycles. The number of thiophene rings is 1. The van der Waals surface area contributed by atoms with E-state index in [4.69, 9.17) is 4.74 Å². The highest BCUT2D eigenvalue weighted by atomic mass is 32.1. The van der Waals surface area contributed by atoms with Gasteiger partial charge in [-0.1, -0.05) is 25.1 Å². The first kappa shape index (κ1) is 15.7. The minimum absolute atomic E-state index is 0.0826. The SMILES string of the molecule is CCc1ccc(OC(=O)C2CCCN2C(=O)c2cccs2)cc1. The van der Waals surface area contributed by atoms with Gasteiger partial charge in [0.05, 0.1) is 4.88 Å². The molecule has 0 saturated carbocycles. The average molecular weight is 329 g/mol. The summed E-state index contributed by atoms with van der Waals surface area (Å²) in [6, 6.07) is 10.6. The van der Waals surface area contributed by atoms with Crippen molar-refractivity contribution < 1.29 is 14.3 Å². The van der Waals surface area contributed by atoms with E-state index in [0.717, 1.165) is 12.8 Å². The van der Waals surface area contributed by atoms with Crippen molar-refractivity contribution in [2.75, 3.05) is 6.54 Å². The Morgan fingerprint density at radius 2 is 2.04 bits per heavy atom. The number of aryl methyl sites for hydroxylation is 1. The molecule has 1 aliphatic rings. The van der Waals surface area contributed by atoms with E-state index < -0.39 is 6.04 Å². The third kappa shape index (κ3) is 3.45. The zero-order valence-electron chi connectivity index (χ0n) is 13.0. The topological polar surface area (TPSA) is 46.6 Å². The molecule has 1 aromatic carbocycles. The number of carbonyl (C=O) groups excluding carboxylic acids is 2. The zero-order valence-corrected chi connectivity index (χ0v) is 13.8. The molecule has 0 N–H and O–H groups in total. The number of esters is 1. The lowest BCUT2D eigenvalue weighted by atomic mass is 10.2. The molecule has 5 heteroatoms. The summed E-state index contributed by atoms with van der Waals surface area (Å²) in [5.41, 5.74) is 1.19. The molecule has 1 saturated heterocycles. The number of amides is 1. The van der Waals surface area contributed by atoms with Gasteiger partial charge in [-0.3, -0.25) is 4.79 Å². The number of nitrogens with zero attached hydrogens (tertiary/aromatic N) is 1. The van der Waals surface area contributed by atoms with E-state index in [-0.39, 0.29) is 11.9 Å². The Kier molecular flexibility index (Phi) is 4.76. The molecule has 0 aliphatic carbocycles. The minimum atomic E-state index is -0.490. The highest BCUT2D eigenvalue weighted by molar-refractivity contribution is 7.12. The average Bonchev–Trinajstić information content (AvgIpc) is 3.26. The molecule has 120 valence electrons. The molecule has 3 rings (SSSR count). The maximum atomic E-state index is 12.5. The van der Waals surface area contributed by atoms with Gasteiger partial charge in [-0.05, 0) is 48.4 Å². The lowest BCUT2D eigenvalue weighted by molar-refractivity contribution is -0.138. The Bertz CT molecular complexity index is 679. The Morgan fingerprint density at radius 1 is 1.26 bits per heavy atom. The van der Waals surface area contributed by atoms with E-state index in [1.54, 1.807) is 23.1 Å². The van der Waals surface area contributed by atoms with E-state index in [0.29, 0.717) is 23.6 Å². The molecule has 1 unspecified atom stereocenters. The summed E-state index contributed by atoms with van der Waals surface area (Å²) < 4.78 is 5.47. The van der Waals surface area contributed by atoms with Gasteiger partial charge in [0.2, 0.25) is 0 Å². The first-order chi connectivity index (χ1) is 11.2. The summed E-state index contributed by atoms with van der Waals surface area (Å²) in [5, 5.41) is 1.87. The summed E-state index contributed by atoms with van der Waals surface area (Å²) in [6.45, 7) is 2.68. The van der Waals surface area contributed by atoms with Crippen LogP contribution in [0, 0.1) is 0 Å². The summed E-state index contributed by atoms with van der Waals surface area (Å²) >= 11 is 1.40. The minimum Gasteiger partial charge on any atom is -0.425 e. The number of rotatable bonds is 4. The van der Waals surface area contributed by atoms with E-state index in [9.17, 15) is 9.59 Å². The van der Waals surface area contributed by atoms with Crippen molar-refractivity contribution in [3.63, 3.8) is 0 Å². The predicted molar refractivity (Wildman–Crippen MR) is 89.8 cm³/mol. The maximum absolute atomic E-state index is 12.5. The molecular formula is C18H19NO3S. The second-order valence-electron chi connectivity index (χ2n) is 5.55. The maximum Gasteiger partial charge on any atom is 0.334 e. The molecule has 1 atom stereocenters. The molecule has 0 spiro atoms. The first-order valence-corrected chi connectivity index (χ1v) is 8.72. The number of hydrogen-bond donors (Lipinski definition) is 0. The highest BCUT2D eigenvalue weighted by Crippen LogP contribution is 2.24. The Morgan fingerprint density at radius 3 is 2.70 bits per heavy atom. The Labute approximate surface area is 139 Å². The number of ether oxygens (including phenoxy) is 1. The lowest BCUT2D eigenvalue weighted by Crippen LogP contribution is -2.42. The Hall–Kier alpha value is -2.14. The van der Waals surface area contributed by atoms with Crippen LogP contribution in [0.5, 0.6) is 5.75 Å². The van der Waals surface area contributed by atoms with Crippen LogP contribution in [0.3, 0.4) is 0 Å². The monoisotopic (exact) mass is 329 g/mol. The third-order valence-electron chi connectivity index (χ3n) is 4.07. The molecule has 1 aromatic heterocycles. The fourth-order valence-corrected chi connectivity index (χ4v) is 3.45. The molecular weight excluding hydrogens is 310 g/mol. The van der Waals surface area contributed by atoms with Crippen molar-refractivity contribution in [3.8, 4) is 5.75 Å². The van der Waals surface area contributed by atoms with E-state index in [1.807, 2.05) is 23.6 Å². The first-order valence-electron chi connectivity index (χ1n) is 7.84. The van der Waals surface area contributed by atoms with Crippen molar-refractivity contribution in [2.24, 2.45) is 0 Å². The third-order valence-corrected chi connectivity index (χ3v) is 4.93. The summed E-state index contributed by atoms with van der Waals surface area (Å²) in [6.07, 6.45) is 2.43. The molecule has 23 heavy (non-hydrogen) atoms. The molecule has 1 amide bonds. The van der Waals surface area contributed by atoms with E-state index in [2.05, 4.69) is 6.92 Å². The van der Waals surface area contributed by atoms with Gasteiger partial charge in [-0.25, -0.2) is 4.79 Å². The van der Waals surface area contributed by atoms with Crippen molar-refractivity contribution in [2.45, 2.75) is 32.2 Å². The van der Waals surface area contributed by atoms with Crippen molar-refractivity contribution in [3.05, 3.63) is 52.2 Å². The van der Waals surface area contributed by atoms with Crippen LogP contribution in [0.15, 0.2) is 41.8 Å². The summed E-state index contributed by atoms with van der Waals surface area (Å²) in [5.74, 6) is 0.0973. The van der Waals surface area contributed by atoms with Gasteiger partial charge in [-0.2, -0.15) is 0 Å². The molecule has 1 fully saturated rings. The number of hydrogen-bond acceptors (Lipinski definition) is 4. The van der Waals surface area contributed by atoms with E-state index in [1.165, 1.54) is 16.9 Å². The lowest BCUT2D eigenvalue weighted by Gasteiger charge is -2.22. The van der Waals surface area contributed by atoms with Gasteiger partial charge in [0, 0.05) is 6.54 Å². The molecule has 0 bridgehead atoms. The molecule has 2 aromatic rings. The van der Waals surface area contributed by atoms with Crippen LogP contribution in [0.1, 0.15) is 35.0 Å². The van der Waals surface area contributed by atoms with Crippen LogP contribution in [0.4, 0.5) is 0 Å². The molecule has 4 nitrogen and oxygen atoms in total. The summed E-state index contributed by atoms with van der Waals surface area (Å²) in [7, 11) is 0. The van der Waals surface area contributed by atoms with Crippen LogP contribution in [0.2, 0.25) is 0 Å². The van der Waals surface area contributed by atoms with Crippen molar-refractivity contribution in [1.29, 1.82) is 0 Å². The van der Waals surface area contributed by atoms with Gasteiger partial charge in [0.15, 0.2) is 0 Å². The van der Waals surface area contributed by atoms with Crippen LogP contribution in [0.25, 0.3) is 0 Å². The van der Waals surface area contributed by atoms with Crippen LogP contribution >= 0.6 is 11.3 Å². The van der Waals surface area contributed by atoms with Gasteiger partial charge >= 0.3 is 5.97 Å². The largest absolute Gasteiger partial charge is 0.425 e. The van der Waals surface area contributed by atoms with Gasteiger partial charge in [-0.15, -0.1) is 11.3 Å². The van der Waals surface area contributed by atoms with Crippen LogP contribution < -0.4 is 4.74 Å².